The number of aromatic nitrogens is 2. The molecule has 27 heavy (non-hydrogen) atoms. The normalized spacial score (nSPS) is 12.4. The maximum absolute atomic E-state index is 13.8. The molecular weight excluding hydrogens is 372 g/mol. The molecule has 1 atom stereocenters. The van der Waals surface area contributed by atoms with Crippen LogP contribution in [0.15, 0.2) is 29.1 Å². The van der Waals surface area contributed by atoms with E-state index in [0.29, 0.717) is 0 Å². The van der Waals surface area contributed by atoms with Crippen LogP contribution in [0.25, 0.3) is 0 Å². The number of halogens is 4. The van der Waals surface area contributed by atoms with Crippen molar-refractivity contribution < 1.29 is 27.1 Å². The van der Waals surface area contributed by atoms with E-state index in [1.807, 2.05) is 0 Å². The fourth-order valence-corrected chi connectivity index (χ4v) is 2.12. The summed E-state index contributed by atoms with van der Waals surface area (Å²) in [7, 11) is 3.24. The number of carbonyl (C=O) groups excluding carboxylic acids is 1. The van der Waals surface area contributed by atoms with Crippen LogP contribution in [0.5, 0.6) is 5.75 Å². The maximum atomic E-state index is 13.8. The topological polar surface area (TPSA) is 87.3 Å². The summed E-state index contributed by atoms with van der Waals surface area (Å²) in [6.45, 7) is 1.50. The summed E-state index contributed by atoms with van der Waals surface area (Å²) in [6, 6.07) is 3.05. The third-order valence-corrected chi connectivity index (χ3v) is 3.41. The average Bonchev–Trinajstić information content (AvgIpc) is 2.54. The summed E-state index contributed by atoms with van der Waals surface area (Å²) in [5, 5.41) is 2.50. The number of hydrogen-bond acceptors (Lipinski definition) is 5. The number of hydrogen-bond donors (Lipinski definition) is 2. The van der Waals surface area contributed by atoms with Crippen LogP contribution in [0.3, 0.4) is 0 Å². The lowest BCUT2D eigenvalue weighted by Gasteiger charge is -2.16. The van der Waals surface area contributed by atoms with Crippen molar-refractivity contribution in [3.63, 3.8) is 0 Å². The van der Waals surface area contributed by atoms with Crippen LogP contribution >= 0.6 is 0 Å². The molecule has 0 aliphatic carbocycles. The number of nitrogens with zero attached hydrogens (tertiary/aromatic N) is 2. The van der Waals surface area contributed by atoms with Gasteiger partial charge in [-0.05, 0) is 24.6 Å². The van der Waals surface area contributed by atoms with Crippen molar-refractivity contribution in [2.45, 2.75) is 19.3 Å². The van der Waals surface area contributed by atoms with Gasteiger partial charge in [0.25, 0.3) is 11.5 Å². The van der Waals surface area contributed by atoms with E-state index in [0.717, 1.165) is 18.2 Å². The third kappa shape index (κ3) is 5.43. The minimum atomic E-state index is -5.02. The summed E-state index contributed by atoms with van der Waals surface area (Å²) in [6.07, 6.45) is -5.02. The summed E-state index contributed by atoms with van der Waals surface area (Å²) < 4.78 is 53.9. The maximum Gasteiger partial charge on any atom is 0.573 e. The van der Waals surface area contributed by atoms with Gasteiger partial charge in [-0.3, -0.25) is 14.6 Å². The molecule has 2 rings (SSSR count). The van der Waals surface area contributed by atoms with Crippen LogP contribution in [0.1, 0.15) is 29.0 Å². The lowest BCUT2D eigenvalue weighted by Crippen LogP contribution is -2.30. The van der Waals surface area contributed by atoms with Crippen molar-refractivity contribution in [1.29, 1.82) is 0 Å². The second-order valence-corrected chi connectivity index (χ2v) is 5.78. The molecule has 1 aromatic carbocycles. The van der Waals surface area contributed by atoms with Crippen LogP contribution in [0, 0.1) is 5.82 Å². The highest BCUT2D eigenvalue weighted by molar-refractivity contribution is 5.92. The van der Waals surface area contributed by atoms with Crippen molar-refractivity contribution in [1.82, 2.24) is 15.3 Å². The molecule has 0 aliphatic heterocycles. The molecule has 0 aliphatic rings. The number of anilines is 1. The Labute approximate surface area is 151 Å². The average molecular weight is 388 g/mol. The number of nitrogens with one attached hydrogen (secondary N) is 2. The zero-order valence-corrected chi connectivity index (χ0v) is 14.5. The van der Waals surface area contributed by atoms with E-state index in [9.17, 15) is 27.2 Å². The Balaban J connectivity index is 2.17. The summed E-state index contributed by atoms with van der Waals surface area (Å²) >= 11 is 0. The summed E-state index contributed by atoms with van der Waals surface area (Å²) in [5.74, 6) is -2.74. The van der Waals surface area contributed by atoms with Gasteiger partial charge in [0, 0.05) is 20.2 Å². The number of carbonyl (C=O) groups is 1. The van der Waals surface area contributed by atoms with E-state index in [1.165, 1.54) is 17.9 Å². The molecule has 7 nitrogen and oxygen atoms in total. The Kier molecular flexibility index (Phi) is 5.72. The van der Waals surface area contributed by atoms with Gasteiger partial charge in [0.05, 0.1) is 6.04 Å². The van der Waals surface area contributed by atoms with Gasteiger partial charge < -0.3 is 15.0 Å². The zero-order valence-electron chi connectivity index (χ0n) is 14.5. The molecule has 0 saturated heterocycles. The molecule has 0 unspecified atom stereocenters. The predicted molar refractivity (Wildman–Crippen MR) is 88.1 cm³/mol. The molecule has 1 aromatic heterocycles. The SMILES string of the molecule is C[C@@H](NC(=O)c1cc(=O)[nH]c(N(C)C)n1)c1ccc(OC(F)(F)F)c(F)c1. The summed E-state index contributed by atoms with van der Waals surface area (Å²) in [5.41, 5.74) is -0.494. The highest BCUT2D eigenvalue weighted by atomic mass is 19.4. The Hall–Kier alpha value is -3.11. The van der Waals surface area contributed by atoms with Gasteiger partial charge in [-0.2, -0.15) is 0 Å². The Morgan fingerprint density at radius 3 is 2.52 bits per heavy atom. The molecule has 11 heteroatoms. The monoisotopic (exact) mass is 388 g/mol. The molecule has 2 aromatic rings. The first-order valence-electron chi connectivity index (χ1n) is 7.61. The fourth-order valence-electron chi connectivity index (χ4n) is 2.12. The van der Waals surface area contributed by atoms with Gasteiger partial charge in [0.1, 0.15) is 5.69 Å². The second-order valence-electron chi connectivity index (χ2n) is 5.78. The minimum Gasteiger partial charge on any atom is -0.403 e. The van der Waals surface area contributed by atoms with E-state index < -0.39 is 35.4 Å². The molecule has 0 saturated carbocycles. The molecule has 0 radical (unpaired) electrons. The van der Waals surface area contributed by atoms with Crippen molar-refractivity contribution in [2.24, 2.45) is 0 Å². The molecule has 0 spiro atoms. The standard InChI is InChI=1S/C16H16F4N4O3/c1-8(9-4-5-12(10(17)6-9)27-16(18,19)20)21-14(26)11-7-13(25)23-15(22-11)24(2)3/h4-8H,1-3H3,(H,21,26)(H,22,23,25)/t8-/m1/s1. The van der Waals surface area contributed by atoms with E-state index in [-0.39, 0.29) is 17.2 Å². The highest BCUT2D eigenvalue weighted by Gasteiger charge is 2.32. The molecule has 1 amide bonds. The van der Waals surface area contributed by atoms with Gasteiger partial charge in [-0.15, -0.1) is 13.2 Å². The Bertz CT molecular complexity index is 896. The molecule has 0 bridgehead atoms. The van der Waals surface area contributed by atoms with Gasteiger partial charge >= 0.3 is 6.36 Å². The Morgan fingerprint density at radius 1 is 1.30 bits per heavy atom. The van der Waals surface area contributed by atoms with Gasteiger partial charge in [0.2, 0.25) is 5.95 Å². The largest absolute Gasteiger partial charge is 0.573 e. The van der Waals surface area contributed by atoms with Crippen molar-refractivity contribution in [3.05, 3.63) is 51.7 Å². The number of alkyl halides is 3. The van der Waals surface area contributed by atoms with Crippen LogP contribution in [-0.4, -0.2) is 36.3 Å². The van der Waals surface area contributed by atoms with Crippen LogP contribution in [0.2, 0.25) is 0 Å². The third-order valence-electron chi connectivity index (χ3n) is 3.41. The van der Waals surface area contributed by atoms with Gasteiger partial charge in [-0.25, -0.2) is 9.37 Å². The minimum absolute atomic E-state index is 0.160. The lowest BCUT2D eigenvalue weighted by molar-refractivity contribution is -0.275. The Morgan fingerprint density at radius 2 is 1.96 bits per heavy atom. The van der Waals surface area contributed by atoms with Gasteiger partial charge in [0.15, 0.2) is 11.6 Å². The van der Waals surface area contributed by atoms with E-state index >= 15 is 0 Å². The number of ether oxygens (including phenoxy) is 1. The molecule has 146 valence electrons. The van der Waals surface area contributed by atoms with E-state index in [4.69, 9.17) is 0 Å². The number of aromatic amines is 1. The van der Waals surface area contributed by atoms with E-state index in [2.05, 4.69) is 20.0 Å². The van der Waals surface area contributed by atoms with Gasteiger partial charge in [-0.1, -0.05) is 6.07 Å². The molecule has 0 fully saturated rings. The zero-order chi connectivity index (χ0) is 20.4. The van der Waals surface area contributed by atoms with Crippen LogP contribution in [-0.2, 0) is 0 Å². The number of H-pyrrole nitrogens is 1. The van der Waals surface area contributed by atoms with Crippen LogP contribution < -0.4 is 20.5 Å². The number of benzene rings is 1. The summed E-state index contributed by atoms with van der Waals surface area (Å²) in [4.78, 5) is 31.8. The molecule has 1 heterocycles. The first-order valence-corrected chi connectivity index (χ1v) is 7.61. The van der Waals surface area contributed by atoms with Crippen LogP contribution in [0.4, 0.5) is 23.5 Å². The molecule has 2 N–H and O–H groups in total. The highest BCUT2D eigenvalue weighted by Crippen LogP contribution is 2.27. The van der Waals surface area contributed by atoms with Crippen molar-refractivity contribution in [3.8, 4) is 5.75 Å². The van der Waals surface area contributed by atoms with E-state index in [1.54, 1.807) is 14.1 Å². The quantitative estimate of drug-likeness (QED) is 0.768. The first-order chi connectivity index (χ1) is 12.5. The smallest absolute Gasteiger partial charge is 0.403 e. The fraction of sp³-hybridized carbons (Fsp3) is 0.312. The molecular formula is C16H16F4N4O3. The first kappa shape index (κ1) is 20.2. The number of amides is 1. The predicted octanol–water partition coefficient (Wildman–Crippen LogP) is 2.36. The lowest BCUT2D eigenvalue weighted by atomic mass is 10.1. The second kappa shape index (κ2) is 7.64. The van der Waals surface area contributed by atoms with Crippen molar-refractivity contribution in [2.75, 3.05) is 19.0 Å². The number of rotatable bonds is 5. The van der Waals surface area contributed by atoms with Crippen molar-refractivity contribution >= 4 is 11.9 Å².